The van der Waals surface area contributed by atoms with Crippen molar-refractivity contribution in [3.05, 3.63) is 88.4 Å². The molecule has 5 heteroatoms. The highest BCUT2D eigenvalue weighted by Gasteiger charge is 2.35. The first-order valence-electron chi connectivity index (χ1n) is 13.7. The van der Waals surface area contributed by atoms with Crippen LogP contribution in [-0.4, -0.2) is 30.4 Å². The number of hydrogen-bond donors (Lipinski definition) is 2. The normalized spacial score (nSPS) is 17.5. The summed E-state index contributed by atoms with van der Waals surface area (Å²) in [4.78, 5) is 15.3. The van der Waals surface area contributed by atoms with Crippen LogP contribution < -0.4 is 11.1 Å². The molecule has 0 radical (unpaired) electrons. The van der Waals surface area contributed by atoms with Crippen LogP contribution in [0, 0.1) is 5.41 Å². The number of carbonyl (C=O) groups is 1. The quantitative estimate of drug-likeness (QED) is 0.330. The number of likely N-dealkylation sites (tertiary alicyclic amines) is 1. The van der Waals surface area contributed by atoms with Gasteiger partial charge in [-0.25, -0.2) is 0 Å². The number of anilines is 1. The molecular formula is C32H38ClN3O. The molecule has 2 aliphatic rings. The zero-order chi connectivity index (χ0) is 25.7. The number of hydrogen-bond acceptors (Lipinski definition) is 3. The van der Waals surface area contributed by atoms with Gasteiger partial charge < -0.3 is 11.1 Å². The third-order valence-electron chi connectivity index (χ3n) is 8.43. The zero-order valence-electron chi connectivity index (χ0n) is 21.6. The Hall–Kier alpha value is -2.82. The summed E-state index contributed by atoms with van der Waals surface area (Å²) >= 11 is 5.98. The van der Waals surface area contributed by atoms with Crippen molar-refractivity contribution in [2.24, 2.45) is 5.41 Å². The first-order valence-corrected chi connectivity index (χ1v) is 14.1. The largest absolute Gasteiger partial charge is 0.398 e. The maximum atomic E-state index is 12.7. The van der Waals surface area contributed by atoms with Gasteiger partial charge in [0.05, 0.1) is 5.56 Å². The maximum absolute atomic E-state index is 12.7. The zero-order valence-corrected chi connectivity index (χ0v) is 22.4. The second kappa shape index (κ2) is 11.7. The molecule has 1 heterocycles. The lowest BCUT2D eigenvalue weighted by Crippen LogP contribution is -2.40. The Kier molecular flexibility index (Phi) is 8.17. The number of amides is 1. The highest BCUT2D eigenvalue weighted by Crippen LogP contribution is 2.44. The summed E-state index contributed by atoms with van der Waals surface area (Å²) in [6.07, 6.45) is 10.8. The van der Waals surface area contributed by atoms with E-state index >= 15 is 0 Å². The van der Waals surface area contributed by atoms with E-state index in [2.05, 4.69) is 34.5 Å². The number of nitrogens with one attached hydrogen (secondary N) is 1. The first kappa shape index (κ1) is 25.8. The molecule has 2 fully saturated rings. The number of rotatable bonds is 7. The van der Waals surface area contributed by atoms with Crippen LogP contribution in [0.15, 0.2) is 66.7 Å². The molecular weight excluding hydrogens is 478 g/mol. The lowest BCUT2D eigenvalue weighted by Gasteiger charge is -2.44. The average Bonchev–Trinajstić information content (AvgIpc) is 2.92. The molecule has 1 spiro atoms. The topological polar surface area (TPSA) is 58.4 Å². The third-order valence-corrected chi connectivity index (χ3v) is 8.69. The van der Waals surface area contributed by atoms with E-state index in [0.717, 1.165) is 24.1 Å². The summed E-state index contributed by atoms with van der Waals surface area (Å²) in [5, 5.41) is 3.71. The molecule has 4 nitrogen and oxygen atoms in total. The predicted molar refractivity (Wildman–Crippen MR) is 154 cm³/mol. The van der Waals surface area contributed by atoms with E-state index in [9.17, 15) is 4.79 Å². The van der Waals surface area contributed by atoms with E-state index in [1.807, 2.05) is 36.4 Å². The number of benzene rings is 3. The van der Waals surface area contributed by atoms with Crippen LogP contribution in [0.1, 0.15) is 66.4 Å². The van der Waals surface area contributed by atoms with E-state index in [0.29, 0.717) is 28.2 Å². The molecule has 5 rings (SSSR count). The van der Waals surface area contributed by atoms with Crippen molar-refractivity contribution in [3.63, 3.8) is 0 Å². The van der Waals surface area contributed by atoms with Gasteiger partial charge in [-0.3, -0.25) is 9.69 Å². The lowest BCUT2D eigenvalue weighted by atomic mass is 9.68. The van der Waals surface area contributed by atoms with Crippen molar-refractivity contribution in [3.8, 4) is 11.1 Å². The molecule has 1 saturated heterocycles. The smallest absolute Gasteiger partial charge is 0.253 e. The Bertz CT molecular complexity index is 1190. The molecule has 1 amide bonds. The third kappa shape index (κ3) is 6.55. The van der Waals surface area contributed by atoms with Crippen molar-refractivity contribution in [1.82, 2.24) is 10.2 Å². The Morgan fingerprint density at radius 3 is 2.16 bits per heavy atom. The lowest BCUT2D eigenvalue weighted by molar-refractivity contribution is 0.0641. The number of halogens is 1. The van der Waals surface area contributed by atoms with E-state index in [1.165, 1.54) is 69.2 Å². The van der Waals surface area contributed by atoms with Crippen LogP contribution in [0.2, 0.25) is 5.02 Å². The Morgan fingerprint density at radius 2 is 1.49 bits per heavy atom. The van der Waals surface area contributed by atoms with Crippen LogP contribution >= 0.6 is 11.6 Å². The molecule has 3 aromatic rings. The van der Waals surface area contributed by atoms with Crippen molar-refractivity contribution >= 4 is 23.2 Å². The molecule has 194 valence electrons. The fraction of sp³-hybridized carbons (Fsp3) is 0.406. The Labute approximate surface area is 226 Å². The molecule has 1 aliphatic carbocycles. The molecule has 3 N–H and O–H groups in total. The standard InChI is InChI=1S/C32H38ClN3O/c33-28-11-8-26(9-12-28)27-10-13-29(30(34)22-27)31(37)35-19-14-24-4-6-25(7-5-24)23-36-20-17-32(18-21-36)15-2-1-3-16-32/h4-13,22H,1-3,14-21,23,34H2,(H,35,37). The molecule has 0 unspecified atom stereocenters. The molecule has 0 aromatic heterocycles. The fourth-order valence-electron chi connectivity index (χ4n) is 6.06. The number of nitrogen functional groups attached to an aromatic ring is 1. The van der Waals surface area contributed by atoms with Gasteiger partial charge in [0.15, 0.2) is 0 Å². The minimum absolute atomic E-state index is 0.141. The van der Waals surface area contributed by atoms with Gasteiger partial charge in [0, 0.05) is 23.8 Å². The van der Waals surface area contributed by atoms with Crippen molar-refractivity contribution < 1.29 is 4.79 Å². The average molecular weight is 516 g/mol. The van der Waals surface area contributed by atoms with Crippen LogP contribution in [-0.2, 0) is 13.0 Å². The number of piperidine rings is 1. The molecule has 3 aromatic carbocycles. The van der Waals surface area contributed by atoms with E-state index in [1.54, 1.807) is 6.07 Å². The van der Waals surface area contributed by atoms with Gasteiger partial charge in [0.25, 0.3) is 5.91 Å². The van der Waals surface area contributed by atoms with Crippen LogP contribution in [0.5, 0.6) is 0 Å². The summed E-state index contributed by atoms with van der Waals surface area (Å²) in [5.74, 6) is -0.141. The van der Waals surface area contributed by atoms with Gasteiger partial charge >= 0.3 is 0 Å². The highest BCUT2D eigenvalue weighted by molar-refractivity contribution is 6.30. The second-order valence-corrected chi connectivity index (χ2v) is 11.4. The monoisotopic (exact) mass is 515 g/mol. The molecule has 37 heavy (non-hydrogen) atoms. The predicted octanol–water partition coefficient (Wildman–Crippen LogP) is 7.11. The number of nitrogens with zero attached hydrogens (tertiary/aromatic N) is 1. The van der Waals surface area contributed by atoms with Gasteiger partial charge in [0.2, 0.25) is 0 Å². The summed E-state index contributed by atoms with van der Waals surface area (Å²) < 4.78 is 0. The van der Waals surface area contributed by atoms with Crippen LogP contribution in [0.4, 0.5) is 5.69 Å². The Balaban J connectivity index is 1.08. The Morgan fingerprint density at radius 1 is 0.838 bits per heavy atom. The summed E-state index contributed by atoms with van der Waals surface area (Å²) in [7, 11) is 0. The van der Waals surface area contributed by atoms with Crippen molar-refractivity contribution in [1.29, 1.82) is 0 Å². The summed E-state index contributed by atoms with van der Waals surface area (Å²) in [5.41, 5.74) is 12.4. The van der Waals surface area contributed by atoms with Crippen LogP contribution in [0.25, 0.3) is 11.1 Å². The maximum Gasteiger partial charge on any atom is 0.253 e. The van der Waals surface area contributed by atoms with E-state index in [-0.39, 0.29) is 5.91 Å². The highest BCUT2D eigenvalue weighted by atomic mass is 35.5. The molecule has 1 aliphatic heterocycles. The first-order chi connectivity index (χ1) is 18.0. The van der Waals surface area contributed by atoms with E-state index < -0.39 is 0 Å². The van der Waals surface area contributed by atoms with Gasteiger partial charge in [-0.05, 0) is 97.1 Å². The molecule has 0 atom stereocenters. The second-order valence-electron chi connectivity index (χ2n) is 11.0. The summed E-state index contributed by atoms with van der Waals surface area (Å²) in [6.45, 7) is 4.08. The number of carbonyl (C=O) groups excluding carboxylic acids is 1. The van der Waals surface area contributed by atoms with Crippen LogP contribution in [0.3, 0.4) is 0 Å². The van der Waals surface area contributed by atoms with E-state index in [4.69, 9.17) is 17.3 Å². The van der Waals surface area contributed by atoms with Crippen molar-refractivity contribution in [2.45, 2.75) is 57.9 Å². The van der Waals surface area contributed by atoms with Gasteiger partial charge in [-0.15, -0.1) is 0 Å². The minimum atomic E-state index is -0.141. The summed E-state index contributed by atoms with van der Waals surface area (Å²) in [6, 6.07) is 22.0. The number of nitrogens with two attached hydrogens (primary N) is 1. The van der Waals surface area contributed by atoms with Gasteiger partial charge in [0.1, 0.15) is 0 Å². The van der Waals surface area contributed by atoms with Gasteiger partial charge in [-0.2, -0.15) is 0 Å². The van der Waals surface area contributed by atoms with Crippen molar-refractivity contribution in [2.75, 3.05) is 25.4 Å². The minimum Gasteiger partial charge on any atom is -0.398 e. The SMILES string of the molecule is Nc1cc(-c2ccc(Cl)cc2)ccc1C(=O)NCCc1ccc(CN2CCC3(CCCCC3)CC2)cc1. The van der Waals surface area contributed by atoms with Gasteiger partial charge in [-0.1, -0.05) is 73.3 Å². The fourth-order valence-corrected chi connectivity index (χ4v) is 6.19. The molecule has 0 bridgehead atoms. The molecule has 1 saturated carbocycles.